The van der Waals surface area contributed by atoms with Crippen molar-refractivity contribution in [2.45, 2.75) is 0 Å². The van der Waals surface area contributed by atoms with Gasteiger partial charge in [0.25, 0.3) is 0 Å². The van der Waals surface area contributed by atoms with Crippen LogP contribution in [0.5, 0.6) is 0 Å². The molecule has 0 rings (SSSR count). The molecule has 0 saturated carbocycles. The first-order valence-corrected chi connectivity index (χ1v) is 0. The average molecular weight is 321 g/mol. The van der Waals surface area contributed by atoms with E-state index in [1.165, 1.54) is 0 Å². The Labute approximate surface area is 85.8 Å². The number of hydrogen-bond donors (Lipinski definition) is 0. The Balaban J connectivity index is 0. The molecule has 0 aliphatic rings. The van der Waals surface area contributed by atoms with Gasteiger partial charge < -0.3 is 0 Å². The van der Waals surface area contributed by atoms with Crippen molar-refractivity contribution < 1.29 is 76.0 Å². The molecule has 0 aromatic rings. The van der Waals surface area contributed by atoms with Crippen LogP contribution >= 0.6 is 0 Å². The molecule has 36 valence electrons. The molecule has 0 aliphatic heterocycles. The molecule has 0 aliphatic carbocycles. The fraction of sp³-hybridized carbons (Fsp3) is 0. The Kier molecular flexibility index (Phi) is 296. The molecule has 0 unspecified atom stereocenters. The fourth-order valence-corrected chi connectivity index (χ4v) is 0. The van der Waals surface area contributed by atoms with Crippen LogP contribution in [0, 0.1) is 0 Å². The zero-order chi connectivity index (χ0) is 0. The number of hydrogen-bond acceptors (Lipinski definition) is 0. The summed E-state index contributed by atoms with van der Waals surface area (Å²) in [6.45, 7) is 0. The summed E-state index contributed by atoms with van der Waals surface area (Å²) >= 11 is 0. The summed E-state index contributed by atoms with van der Waals surface area (Å²) in [5.74, 6) is 0. The Morgan fingerprint density at radius 3 is 1.00 bits per heavy atom. The van der Waals surface area contributed by atoms with Crippen LogP contribution < -0.4 is 0 Å². The van der Waals surface area contributed by atoms with Gasteiger partial charge in [-0.1, -0.05) is 0 Å². The van der Waals surface area contributed by atoms with Crippen LogP contribution in [-0.2, 0) is 76.0 Å². The van der Waals surface area contributed by atoms with Gasteiger partial charge in [-0.15, -0.1) is 0 Å². The topological polar surface area (TPSA) is 0 Å². The van der Waals surface area contributed by atoms with Crippen molar-refractivity contribution in [2.75, 3.05) is 0 Å². The normalized spacial score (nSPS) is 0. The Morgan fingerprint density at radius 1 is 1.00 bits per heavy atom. The van der Waals surface area contributed by atoms with Crippen molar-refractivity contribution in [1.29, 1.82) is 0 Å². The molecule has 0 spiro atoms. The minimum absolute atomic E-state index is 0. The summed E-state index contributed by atoms with van der Waals surface area (Å²) < 4.78 is 0. The van der Waals surface area contributed by atoms with E-state index in [0.717, 1.165) is 0 Å². The molecule has 0 N–H and O–H groups in total. The molecule has 0 saturated heterocycles. The van der Waals surface area contributed by atoms with Crippen molar-refractivity contribution in [3.63, 3.8) is 0 Å². The molecule has 6 radical (unpaired) electrons. The van der Waals surface area contributed by atoms with Gasteiger partial charge in [0.2, 0.25) is 0 Å². The van der Waals surface area contributed by atoms with Crippen LogP contribution in [0.2, 0.25) is 0 Å². The molecule has 0 nitrogen and oxygen atoms in total. The zero-order valence-electron chi connectivity index (χ0n) is 2.16. The third-order valence-corrected chi connectivity index (χ3v) is 0. The van der Waals surface area contributed by atoms with Gasteiger partial charge in [-0.3, -0.25) is 0 Å². The molecule has 5 heteroatoms. The van der Waals surface area contributed by atoms with Gasteiger partial charge in [0.05, 0.1) is 0 Å². The van der Waals surface area contributed by atoms with E-state index in [4.69, 9.17) is 0 Å². The van der Waals surface area contributed by atoms with E-state index in [-0.39, 0.29) is 87.0 Å². The van der Waals surface area contributed by atoms with Crippen LogP contribution in [0.4, 0.5) is 0 Å². The zero-order valence-corrected chi connectivity index (χ0v) is 9.66. The van der Waals surface area contributed by atoms with Gasteiger partial charge in [0.1, 0.15) is 0 Å². The van der Waals surface area contributed by atoms with Gasteiger partial charge in [-0.2, -0.15) is 0 Å². The standard InChI is InChI=1S/Ag.Cu.Fe.Si.Zn. The van der Waals surface area contributed by atoms with Gasteiger partial charge in [0, 0.05) is 87.0 Å². The Morgan fingerprint density at radius 2 is 1.00 bits per heavy atom. The maximum absolute atomic E-state index is 0. The third kappa shape index (κ3) is 20.6. The quantitative estimate of drug-likeness (QED) is 0.533. The first-order valence-electron chi connectivity index (χ1n) is 0. The summed E-state index contributed by atoms with van der Waals surface area (Å²) in [5.41, 5.74) is 0. The summed E-state index contributed by atoms with van der Waals surface area (Å²) in [6.07, 6.45) is 0. The van der Waals surface area contributed by atoms with Crippen LogP contribution in [0.25, 0.3) is 0 Å². The Bertz CT molecular complexity index is 11.6. The van der Waals surface area contributed by atoms with E-state index in [1.807, 2.05) is 0 Å². The van der Waals surface area contributed by atoms with Crippen molar-refractivity contribution in [2.24, 2.45) is 0 Å². The molecule has 0 bridgehead atoms. The fourth-order valence-electron chi connectivity index (χ4n) is 0. The minimum Gasteiger partial charge on any atom is 0 e. The maximum Gasteiger partial charge on any atom is 0 e. The molecule has 0 aromatic heterocycles. The van der Waals surface area contributed by atoms with E-state index in [2.05, 4.69) is 0 Å². The molecule has 0 fully saturated rings. The van der Waals surface area contributed by atoms with Crippen LogP contribution in [0.3, 0.4) is 0 Å². The predicted molar refractivity (Wildman–Crippen MR) is 5.75 cm³/mol. The van der Waals surface area contributed by atoms with Gasteiger partial charge in [-0.05, 0) is 0 Å². The summed E-state index contributed by atoms with van der Waals surface area (Å²) in [6, 6.07) is 0. The predicted octanol–water partition coefficient (Wildman–Crippen LogP) is -0.391. The second-order valence-electron chi connectivity index (χ2n) is 0. The molecule has 5 heavy (non-hydrogen) atoms. The molecule has 0 aromatic carbocycles. The summed E-state index contributed by atoms with van der Waals surface area (Å²) in [5, 5.41) is 0. The number of rotatable bonds is 0. The van der Waals surface area contributed by atoms with Crippen LogP contribution in [-0.4, -0.2) is 11.0 Å². The SMILES string of the molecule is [Ag].[Cu].[Fe].[Si].[Zn]. The van der Waals surface area contributed by atoms with Crippen molar-refractivity contribution in [3.05, 3.63) is 0 Å². The molecular weight excluding hydrogens is 321 g/mol. The first-order chi connectivity index (χ1) is 0. The second-order valence-corrected chi connectivity index (χ2v) is 0. The molecule has 0 amide bonds. The van der Waals surface area contributed by atoms with E-state index in [9.17, 15) is 0 Å². The minimum atomic E-state index is 0. The van der Waals surface area contributed by atoms with Crippen molar-refractivity contribution in [1.82, 2.24) is 0 Å². The van der Waals surface area contributed by atoms with Gasteiger partial charge in [-0.25, -0.2) is 0 Å². The first kappa shape index (κ1) is 48.7. The van der Waals surface area contributed by atoms with Crippen molar-refractivity contribution >= 4 is 11.0 Å². The smallest absolute Gasteiger partial charge is 0 e. The maximum atomic E-state index is 0. The summed E-state index contributed by atoms with van der Waals surface area (Å²) in [7, 11) is 0. The second kappa shape index (κ2) is 30.5. The summed E-state index contributed by atoms with van der Waals surface area (Å²) in [4.78, 5) is 0. The van der Waals surface area contributed by atoms with Crippen molar-refractivity contribution in [3.8, 4) is 0 Å². The van der Waals surface area contributed by atoms with E-state index >= 15 is 0 Å². The molecular formula is AgCuFeSiZn. The molecule has 0 heterocycles. The third-order valence-electron chi connectivity index (χ3n) is 0. The van der Waals surface area contributed by atoms with E-state index < -0.39 is 0 Å². The molecule has 0 atom stereocenters. The average Bonchev–Trinajstić information content (AvgIpc) is 0. The largest absolute Gasteiger partial charge is 0 e. The van der Waals surface area contributed by atoms with Gasteiger partial charge in [0.15, 0.2) is 0 Å². The van der Waals surface area contributed by atoms with E-state index in [0.29, 0.717) is 0 Å². The monoisotopic (exact) mass is 318 g/mol. The van der Waals surface area contributed by atoms with Crippen LogP contribution in [0.15, 0.2) is 0 Å². The van der Waals surface area contributed by atoms with E-state index in [1.54, 1.807) is 0 Å². The van der Waals surface area contributed by atoms with Crippen LogP contribution in [0.1, 0.15) is 0 Å². The van der Waals surface area contributed by atoms with Gasteiger partial charge >= 0.3 is 0 Å². The Hall–Kier alpha value is 2.62.